The Labute approximate surface area is 127 Å². The van der Waals surface area contributed by atoms with Crippen molar-refractivity contribution >= 4 is 38.6 Å². The zero-order valence-electron chi connectivity index (χ0n) is 10.8. The van der Waals surface area contributed by atoms with Crippen molar-refractivity contribution in [3.05, 3.63) is 73.2 Å². The molecule has 104 valence electrons. The summed E-state index contributed by atoms with van der Waals surface area (Å²) < 4.78 is 0.979. The van der Waals surface area contributed by atoms with Gasteiger partial charge in [0.2, 0.25) is 0 Å². The maximum absolute atomic E-state index is 11.9. The molecule has 1 heterocycles. The minimum Gasteiger partial charge on any atom is -0.267 e. The molecule has 0 atom stereocenters. The minimum absolute atomic E-state index is 0.287. The van der Waals surface area contributed by atoms with Crippen LogP contribution in [0, 0.1) is 0 Å². The number of halogens is 1. The number of aromatic nitrogens is 2. The molecule has 0 radical (unpaired) electrons. The molecule has 2 aromatic carbocycles. The van der Waals surface area contributed by atoms with E-state index in [2.05, 4.69) is 31.1 Å². The van der Waals surface area contributed by atoms with E-state index in [1.807, 2.05) is 24.3 Å². The van der Waals surface area contributed by atoms with Gasteiger partial charge in [0.25, 0.3) is 11.1 Å². The molecular weight excluding hydrogens is 334 g/mol. The van der Waals surface area contributed by atoms with Crippen LogP contribution in [0.3, 0.4) is 0 Å². The van der Waals surface area contributed by atoms with Gasteiger partial charge >= 0.3 is 0 Å². The molecule has 0 spiro atoms. The van der Waals surface area contributed by atoms with Crippen LogP contribution < -0.4 is 11.1 Å². The number of benzene rings is 2. The summed E-state index contributed by atoms with van der Waals surface area (Å²) >= 11 is 3.36. The Kier molecular flexibility index (Phi) is 3.53. The molecule has 0 aliphatic heterocycles. The molecular formula is C15H10BrN3O2. The number of hydrogen-bond donors (Lipinski definition) is 2. The highest BCUT2D eigenvalue weighted by atomic mass is 79.9. The number of aromatic amines is 2. The van der Waals surface area contributed by atoms with Gasteiger partial charge in [-0.3, -0.25) is 24.8 Å². The maximum Gasteiger partial charge on any atom is 0.272 e. The molecule has 2 N–H and O–H groups in total. The Morgan fingerprint density at radius 2 is 1.67 bits per heavy atom. The Morgan fingerprint density at radius 1 is 0.952 bits per heavy atom. The first-order chi connectivity index (χ1) is 10.1. The van der Waals surface area contributed by atoms with Crippen LogP contribution in [-0.4, -0.2) is 16.4 Å². The molecule has 0 saturated heterocycles. The van der Waals surface area contributed by atoms with Crippen LogP contribution in [0.1, 0.15) is 5.56 Å². The lowest BCUT2D eigenvalue weighted by molar-refractivity contribution is 0.976. The summed E-state index contributed by atoms with van der Waals surface area (Å²) in [6.45, 7) is 0. The Hall–Kier alpha value is -2.47. The molecule has 0 bridgehead atoms. The number of aliphatic imine (C=N–C) groups is 1. The van der Waals surface area contributed by atoms with E-state index >= 15 is 0 Å². The first-order valence-corrected chi connectivity index (χ1v) is 6.98. The van der Waals surface area contributed by atoms with Gasteiger partial charge in [0.15, 0.2) is 0 Å². The standard InChI is InChI=1S/C15H10BrN3O2/c16-10-6-4-9(5-7-10)8-17-12-3-1-2-11-13(12)15(21)19-18-14(11)20/h1-8H,(H,18,20)(H,19,21). The van der Waals surface area contributed by atoms with E-state index in [1.165, 1.54) is 0 Å². The lowest BCUT2D eigenvalue weighted by Crippen LogP contribution is -2.18. The summed E-state index contributed by atoms with van der Waals surface area (Å²) in [7, 11) is 0. The van der Waals surface area contributed by atoms with Crippen LogP contribution >= 0.6 is 15.9 Å². The second kappa shape index (κ2) is 5.49. The van der Waals surface area contributed by atoms with Crippen LogP contribution in [0.4, 0.5) is 5.69 Å². The van der Waals surface area contributed by atoms with Gasteiger partial charge in [-0.15, -0.1) is 0 Å². The van der Waals surface area contributed by atoms with Crippen molar-refractivity contribution in [2.24, 2.45) is 4.99 Å². The summed E-state index contributed by atoms with van der Waals surface area (Å²) in [6, 6.07) is 12.6. The van der Waals surface area contributed by atoms with Gasteiger partial charge in [-0.2, -0.15) is 0 Å². The second-order valence-corrected chi connectivity index (χ2v) is 5.33. The van der Waals surface area contributed by atoms with Crippen molar-refractivity contribution in [3.63, 3.8) is 0 Å². The van der Waals surface area contributed by atoms with Gasteiger partial charge in [-0.25, -0.2) is 0 Å². The molecule has 5 nitrogen and oxygen atoms in total. The maximum atomic E-state index is 11.9. The molecule has 0 unspecified atom stereocenters. The molecule has 0 aliphatic carbocycles. The van der Waals surface area contributed by atoms with Gasteiger partial charge < -0.3 is 0 Å². The fourth-order valence-corrected chi connectivity index (χ4v) is 2.28. The highest BCUT2D eigenvalue weighted by molar-refractivity contribution is 9.10. The molecule has 3 aromatic rings. The van der Waals surface area contributed by atoms with Crippen molar-refractivity contribution in [2.75, 3.05) is 0 Å². The Bertz CT molecular complexity index is 940. The number of rotatable bonds is 2. The number of hydrogen-bond acceptors (Lipinski definition) is 3. The number of H-pyrrole nitrogens is 2. The third kappa shape index (κ3) is 2.71. The fraction of sp³-hybridized carbons (Fsp3) is 0. The van der Waals surface area contributed by atoms with Crippen LogP contribution in [0.15, 0.2) is 61.5 Å². The Morgan fingerprint density at radius 3 is 2.43 bits per heavy atom. The number of nitrogens with zero attached hydrogens (tertiary/aromatic N) is 1. The van der Waals surface area contributed by atoms with Gasteiger partial charge in [0.05, 0.1) is 16.5 Å². The van der Waals surface area contributed by atoms with E-state index in [-0.39, 0.29) is 16.5 Å². The van der Waals surface area contributed by atoms with Gasteiger partial charge in [0, 0.05) is 10.7 Å². The average molecular weight is 344 g/mol. The zero-order chi connectivity index (χ0) is 14.8. The smallest absolute Gasteiger partial charge is 0.267 e. The monoisotopic (exact) mass is 343 g/mol. The van der Waals surface area contributed by atoms with Crippen molar-refractivity contribution in [2.45, 2.75) is 0 Å². The first-order valence-electron chi connectivity index (χ1n) is 6.18. The fourth-order valence-electron chi connectivity index (χ4n) is 2.01. The predicted octanol–water partition coefficient (Wildman–Crippen LogP) is 2.73. The molecule has 0 fully saturated rings. The Balaban J connectivity index is 2.13. The van der Waals surface area contributed by atoms with Crippen LogP contribution in [0.25, 0.3) is 10.8 Å². The highest BCUT2D eigenvalue weighted by Crippen LogP contribution is 2.20. The zero-order valence-corrected chi connectivity index (χ0v) is 12.3. The van der Waals surface area contributed by atoms with Crippen molar-refractivity contribution in [1.82, 2.24) is 10.2 Å². The topological polar surface area (TPSA) is 78.1 Å². The molecule has 0 saturated carbocycles. The van der Waals surface area contributed by atoms with E-state index in [0.717, 1.165) is 10.0 Å². The number of fused-ring (bicyclic) bond motifs is 1. The van der Waals surface area contributed by atoms with Crippen molar-refractivity contribution in [3.8, 4) is 0 Å². The van der Waals surface area contributed by atoms with Crippen molar-refractivity contribution in [1.29, 1.82) is 0 Å². The van der Waals surface area contributed by atoms with Crippen LogP contribution in [-0.2, 0) is 0 Å². The average Bonchev–Trinajstić information content (AvgIpc) is 2.50. The third-order valence-electron chi connectivity index (χ3n) is 3.03. The number of nitrogens with one attached hydrogen (secondary N) is 2. The molecule has 0 aliphatic rings. The van der Waals surface area contributed by atoms with Crippen molar-refractivity contribution < 1.29 is 0 Å². The van der Waals surface area contributed by atoms with Crippen LogP contribution in [0.2, 0.25) is 0 Å². The van der Waals surface area contributed by atoms with Gasteiger partial charge in [-0.05, 0) is 29.8 Å². The highest BCUT2D eigenvalue weighted by Gasteiger charge is 2.06. The molecule has 1 aromatic heterocycles. The minimum atomic E-state index is -0.367. The lowest BCUT2D eigenvalue weighted by atomic mass is 10.1. The van der Waals surface area contributed by atoms with Gasteiger partial charge in [0.1, 0.15) is 0 Å². The largest absolute Gasteiger partial charge is 0.272 e. The van der Waals surface area contributed by atoms with E-state index in [4.69, 9.17) is 0 Å². The molecule has 3 rings (SSSR count). The SMILES string of the molecule is O=c1[nH][nH]c(=O)c2c(N=Cc3ccc(Br)cc3)cccc12. The lowest BCUT2D eigenvalue weighted by Gasteiger charge is -2.00. The molecule has 0 amide bonds. The normalized spacial score (nSPS) is 11.3. The quantitative estimate of drug-likeness (QED) is 0.701. The molecule has 6 heteroatoms. The summed E-state index contributed by atoms with van der Waals surface area (Å²) in [4.78, 5) is 27.9. The van der Waals surface area contributed by atoms with E-state index in [9.17, 15) is 9.59 Å². The van der Waals surface area contributed by atoms with Gasteiger partial charge in [-0.1, -0.05) is 34.1 Å². The van der Waals surface area contributed by atoms with E-state index in [0.29, 0.717) is 11.1 Å². The first kappa shape index (κ1) is 13.5. The predicted molar refractivity (Wildman–Crippen MR) is 86.6 cm³/mol. The van der Waals surface area contributed by atoms with Crippen LogP contribution in [0.5, 0.6) is 0 Å². The summed E-state index contributed by atoms with van der Waals surface area (Å²) in [5.74, 6) is 0. The molecule has 21 heavy (non-hydrogen) atoms. The summed E-state index contributed by atoms with van der Waals surface area (Å²) in [5.41, 5.74) is 0.651. The second-order valence-electron chi connectivity index (χ2n) is 4.42. The van der Waals surface area contributed by atoms with E-state index < -0.39 is 0 Å². The third-order valence-corrected chi connectivity index (χ3v) is 3.56. The van der Waals surface area contributed by atoms with E-state index in [1.54, 1.807) is 24.4 Å². The summed E-state index contributed by atoms with van der Waals surface area (Å²) in [6.07, 6.45) is 1.65. The summed E-state index contributed by atoms with van der Waals surface area (Å²) in [5, 5.41) is 5.23.